The molecule has 0 atom stereocenters. The van der Waals surface area contributed by atoms with Gasteiger partial charge < -0.3 is 15.4 Å². The van der Waals surface area contributed by atoms with Gasteiger partial charge in [-0.3, -0.25) is 9.80 Å². The van der Waals surface area contributed by atoms with Crippen molar-refractivity contribution in [3.8, 4) is 0 Å². The molecule has 0 aliphatic carbocycles. The third-order valence-electron chi connectivity index (χ3n) is 5.91. The first-order valence-corrected chi connectivity index (χ1v) is 12.0. The lowest BCUT2D eigenvalue weighted by Gasteiger charge is -2.26. The van der Waals surface area contributed by atoms with Gasteiger partial charge in [0.2, 0.25) is 0 Å². The zero-order valence-electron chi connectivity index (χ0n) is 18.9. The molecule has 30 heavy (non-hydrogen) atoms. The smallest absolute Gasteiger partial charge is 0.191 e. The number of nitrogens with zero attached hydrogens (tertiary/aromatic N) is 3. The number of hydrogen-bond donors (Lipinski definition) is 2. The molecule has 0 bridgehead atoms. The standard InChI is InChI=1S/C24H41N5O/c1-2-25-24(26-11-8-14-28-15-17-30-18-16-28)27-20-22-9-7-10-23(19-22)21-29-12-5-3-4-6-13-29/h7,9-10,19H,2-6,8,11-18,20-21H2,1H3,(H2,25,26,27). The predicted octanol–water partition coefficient (Wildman–Crippen LogP) is 2.84. The molecule has 3 rings (SSSR count). The molecular formula is C24H41N5O. The van der Waals surface area contributed by atoms with Gasteiger partial charge in [0.15, 0.2) is 5.96 Å². The molecule has 2 heterocycles. The molecule has 2 fully saturated rings. The summed E-state index contributed by atoms with van der Waals surface area (Å²) in [4.78, 5) is 9.90. The number of likely N-dealkylation sites (tertiary alicyclic amines) is 1. The monoisotopic (exact) mass is 415 g/mol. The largest absolute Gasteiger partial charge is 0.379 e. The Hall–Kier alpha value is -1.63. The minimum Gasteiger partial charge on any atom is -0.379 e. The van der Waals surface area contributed by atoms with Crippen LogP contribution in [0, 0.1) is 0 Å². The van der Waals surface area contributed by atoms with E-state index in [0.29, 0.717) is 6.54 Å². The molecule has 168 valence electrons. The fourth-order valence-electron chi connectivity index (χ4n) is 4.23. The number of ether oxygens (including phenoxy) is 1. The van der Waals surface area contributed by atoms with E-state index in [4.69, 9.17) is 9.73 Å². The minimum absolute atomic E-state index is 0.715. The van der Waals surface area contributed by atoms with Crippen LogP contribution in [0.4, 0.5) is 0 Å². The molecule has 0 spiro atoms. The summed E-state index contributed by atoms with van der Waals surface area (Å²) in [6, 6.07) is 8.96. The van der Waals surface area contributed by atoms with Crippen LogP contribution in [0.3, 0.4) is 0 Å². The Morgan fingerprint density at radius 3 is 2.50 bits per heavy atom. The van der Waals surface area contributed by atoms with Gasteiger partial charge >= 0.3 is 0 Å². The van der Waals surface area contributed by atoms with Crippen molar-refractivity contribution in [2.75, 3.05) is 59.0 Å². The van der Waals surface area contributed by atoms with Crippen LogP contribution in [0.2, 0.25) is 0 Å². The third kappa shape index (κ3) is 8.62. The van der Waals surface area contributed by atoms with E-state index in [9.17, 15) is 0 Å². The Morgan fingerprint density at radius 2 is 1.73 bits per heavy atom. The van der Waals surface area contributed by atoms with E-state index in [0.717, 1.165) is 64.9 Å². The first-order chi connectivity index (χ1) is 14.8. The summed E-state index contributed by atoms with van der Waals surface area (Å²) in [6.45, 7) is 13.2. The highest BCUT2D eigenvalue weighted by atomic mass is 16.5. The van der Waals surface area contributed by atoms with Crippen LogP contribution in [-0.2, 0) is 17.8 Å². The van der Waals surface area contributed by atoms with Gasteiger partial charge in [-0.05, 0) is 56.9 Å². The Kier molecular flexibility index (Phi) is 10.5. The highest BCUT2D eigenvalue weighted by Gasteiger charge is 2.10. The lowest BCUT2D eigenvalue weighted by atomic mass is 10.1. The average Bonchev–Trinajstić information content (AvgIpc) is 3.04. The van der Waals surface area contributed by atoms with E-state index < -0.39 is 0 Å². The third-order valence-corrected chi connectivity index (χ3v) is 5.91. The van der Waals surface area contributed by atoms with Crippen LogP contribution in [0.25, 0.3) is 0 Å². The summed E-state index contributed by atoms with van der Waals surface area (Å²) in [5, 5.41) is 6.87. The van der Waals surface area contributed by atoms with Crippen LogP contribution in [-0.4, -0.2) is 74.8 Å². The number of benzene rings is 1. The molecule has 2 aliphatic heterocycles. The van der Waals surface area contributed by atoms with E-state index in [1.54, 1.807) is 0 Å². The zero-order chi connectivity index (χ0) is 20.9. The molecule has 6 nitrogen and oxygen atoms in total. The van der Waals surface area contributed by atoms with Gasteiger partial charge in [0, 0.05) is 32.7 Å². The molecule has 2 aliphatic rings. The predicted molar refractivity (Wildman–Crippen MR) is 125 cm³/mol. The second-order valence-electron chi connectivity index (χ2n) is 8.44. The summed E-state index contributed by atoms with van der Waals surface area (Å²) in [5.74, 6) is 0.914. The SMILES string of the molecule is CCNC(=NCc1cccc(CN2CCCCCC2)c1)NCCCN1CCOCC1. The number of rotatable bonds is 9. The maximum absolute atomic E-state index is 5.42. The Labute approximate surface area is 183 Å². The number of nitrogens with one attached hydrogen (secondary N) is 2. The quantitative estimate of drug-likeness (QED) is 0.369. The normalized spacial score (nSPS) is 19.4. The number of aliphatic imine (C=N–C) groups is 1. The highest BCUT2D eigenvalue weighted by molar-refractivity contribution is 5.79. The van der Waals surface area contributed by atoms with Gasteiger partial charge in [0.25, 0.3) is 0 Å². The van der Waals surface area contributed by atoms with Crippen molar-refractivity contribution in [1.82, 2.24) is 20.4 Å². The maximum Gasteiger partial charge on any atom is 0.191 e. The van der Waals surface area contributed by atoms with Crippen molar-refractivity contribution in [2.45, 2.75) is 52.1 Å². The van der Waals surface area contributed by atoms with E-state index in [2.05, 4.69) is 51.6 Å². The van der Waals surface area contributed by atoms with E-state index in [1.807, 2.05) is 0 Å². The van der Waals surface area contributed by atoms with Crippen molar-refractivity contribution in [3.63, 3.8) is 0 Å². The Morgan fingerprint density at radius 1 is 0.967 bits per heavy atom. The lowest BCUT2D eigenvalue weighted by Crippen LogP contribution is -2.40. The molecule has 6 heteroatoms. The fraction of sp³-hybridized carbons (Fsp3) is 0.708. The molecule has 0 amide bonds. The maximum atomic E-state index is 5.42. The number of hydrogen-bond acceptors (Lipinski definition) is 4. The summed E-state index contributed by atoms with van der Waals surface area (Å²) in [7, 11) is 0. The van der Waals surface area contributed by atoms with Gasteiger partial charge in [0.05, 0.1) is 19.8 Å². The molecule has 2 saturated heterocycles. The number of guanidine groups is 1. The summed E-state index contributed by atoms with van der Waals surface area (Å²) >= 11 is 0. The van der Waals surface area contributed by atoms with E-state index in [1.165, 1.54) is 49.9 Å². The van der Waals surface area contributed by atoms with Crippen LogP contribution >= 0.6 is 0 Å². The minimum atomic E-state index is 0.715. The van der Waals surface area contributed by atoms with Gasteiger partial charge in [-0.15, -0.1) is 0 Å². The van der Waals surface area contributed by atoms with Crippen LogP contribution in [0.15, 0.2) is 29.3 Å². The molecule has 2 N–H and O–H groups in total. The Balaban J connectivity index is 1.44. The topological polar surface area (TPSA) is 52.1 Å². The van der Waals surface area contributed by atoms with Gasteiger partial charge in [0.1, 0.15) is 0 Å². The molecule has 0 saturated carbocycles. The fourth-order valence-corrected chi connectivity index (χ4v) is 4.23. The summed E-state index contributed by atoms with van der Waals surface area (Å²) in [5.41, 5.74) is 2.70. The van der Waals surface area contributed by atoms with Crippen molar-refractivity contribution < 1.29 is 4.74 Å². The van der Waals surface area contributed by atoms with Crippen molar-refractivity contribution in [1.29, 1.82) is 0 Å². The molecular weight excluding hydrogens is 374 g/mol. The second kappa shape index (κ2) is 13.6. The summed E-state index contributed by atoms with van der Waals surface area (Å²) < 4.78 is 5.42. The molecule has 1 aromatic rings. The van der Waals surface area contributed by atoms with Crippen molar-refractivity contribution in [2.24, 2.45) is 4.99 Å². The molecule has 0 radical (unpaired) electrons. The lowest BCUT2D eigenvalue weighted by molar-refractivity contribution is 0.0376. The van der Waals surface area contributed by atoms with Gasteiger partial charge in [-0.25, -0.2) is 4.99 Å². The molecule has 0 aromatic heterocycles. The van der Waals surface area contributed by atoms with Crippen LogP contribution in [0.5, 0.6) is 0 Å². The zero-order valence-corrected chi connectivity index (χ0v) is 18.9. The van der Waals surface area contributed by atoms with Crippen molar-refractivity contribution >= 4 is 5.96 Å². The van der Waals surface area contributed by atoms with Gasteiger partial charge in [-0.2, -0.15) is 0 Å². The highest BCUT2D eigenvalue weighted by Crippen LogP contribution is 2.14. The van der Waals surface area contributed by atoms with Gasteiger partial charge in [-0.1, -0.05) is 37.1 Å². The first-order valence-electron chi connectivity index (χ1n) is 12.0. The van der Waals surface area contributed by atoms with E-state index in [-0.39, 0.29) is 0 Å². The molecule has 0 unspecified atom stereocenters. The van der Waals surface area contributed by atoms with Crippen LogP contribution in [0.1, 0.15) is 50.2 Å². The number of morpholine rings is 1. The van der Waals surface area contributed by atoms with Crippen LogP contribution < -0.4 is 10.6 Å². The average molecular weight is 416 g/mol. The van der Waals surface area contributed by atoms with E-state index >= 15 is 0 Å². The molecule has 1 aromatic carbocycles. The summed E-state index contributed by atoms with van der Waals surface area (Å²) in [6.07, 6.45) is 6.58. The Bertz CT molecular complexity index is 622. The van der Waals surface area contributed by atoms with Crippen molar-refractivity contribution in [3.05, 3.63) is 35.4 Å². The second-order valence-corrected chi connectivity index (χ2v) is 8.44. The first kappa shape index (κ1) is 23.0.